The molecule has 2 amide bonds. The van der Waals surface area contributed by atoms with E-state index < -0.39 is 5.54 Å². The number of aliphatic hydroxyl groups is 1. The first-order valence-corrected chi connectivity index (χ1v) is 10.3. The van der Waals surface area contributed by atoms with Crippen molar-refractivity contribution in [2.24, 2.45) is 0 Å². The van der Waals surface area contributed by atoms with Crippen molar-refractivity contribution in [2.45, 2.75) is 44.7 Å². The lowest BCUT2D eigenvalue weighted by atomic mass is 9.60. The number of amides is 2. The second-order valence-electron chi connectivity index (χ2n) is 8.26. The van der Waals surface area contributed by atoms with Gasteiger partial charge in [0.15, 0.2) is 0 Å². The van der Waals surface area contributed by atoms with Gasteiger partial charge in [0.25, 0.3) is 0 Å². The molecule has 0 bridgehead atoms. The summed E-state index contributed by atoms with van der Waals surface area (Å²) in [7, 11) is 0. The molecule has 0 radical (unpaired) electrons. The SMILES string of the molecule is CCC(=O)N1CC2(C1)[C@H](c1ccc(-c3ccccc3C)cc1)[C@@H](CO)N2C(C)=O. The van der Waals surface area contributed by atoms with Gasteiger partial charge in [-0.3, -0.25) is 9.59 Å². The van der Waals surface area contributed by atoms with Crippen LogP contribution in [0.1, 0.15) is 37.3 Å². The maximum Gasteiger partial charge on any atom is 0.222 e. The van der Waals surface area contributed by atoms with Crippen LogP contribution in [0.2, 0.25) is 0 Å². The Morgan fingerprint density at radius 1 is 1.10 bits per heavy atom. The van der Waals surface area contributed by atoms with E-state index in [2.05, 4.69) is 43.3 Å². The molecule has 5 heteroatoms. The van der Waals surface area contributed by atoms with Gasteiger partial charge >= 0.3 is 0 Å². The van der Waals surface area contributed by atoms with Crippen LogP contribution in [0.4, 0.5) is 0 Å². The van der Waals surface area contributed by atoms with Gasteiger partial charge in [-0.25, -0.2) is 0 Å². The lowest BCUT2D eigenvalue weighted by molar-refractivity contribution is -0.201. The molecule has 1 spiro atoms. The van der Waals surface area contributed by atoms with Crippen molar-refractivity contribution in [3.05, 3.63) is 59.7 Å². The normalized spacial score (nSPS) is 22.2. The van der Waals surface area contributed by atoms with Gasteiger partial charge in [-0.15, -0.1) is 0 Å². The smallest absolute Gasteiger partial charge is 0.222 e. The Bertz CT molecular complexity index is 931. The number of benzene rings is 2. The van der Waals surface area contributed by atoms with Crippen LogP contribution >= 0.6 is 0 Å². The molecule has 5 nitrogen and oxygen atoms in total. The van der Waals surface area contributed by atoms with Crippen LogP contribution in [0.3, 0.4) is 0 Å². The molecule has 0 aliphatic carbocycles. The summed E-state index contributed by atoms with van der Waals surface area (Å²) < 4.78 is 0. The van der Waals surface area contributed by atoms with Gasteiger partial charge in [-0.05, 0) is 29.2 Å². The first-order chi connectivity index (χ1) is 13.9. The summed E-state index contributed by atoms with van der Waals surface area (Å²) in [5.41, 5.74) is 4.30. The molecule has 2 heterocycles. The molecule has 2 saturated heterocycles. The van der Waals surface area contributed by atoms with Crippen molar-refractivity contribution in [3.63, 3.8) is 0 Å². The first-order valence-electron chi connectivity index (χ1n) is 10.3. The predicted molar refractivity (Wildman–Crippen MR) is 112 cm³/mol. The fourth-order valence-corrected chi connectivity index (χ4v) is 5.30. The number of carbonyl (C=O) groups is 2. The minimum absolute atomic E-state index is 0.0308. The van der Waals surface area contributed by atoms with Crippen molar-refractivity contribution < 1.29 is 14.7 Å². The average molecular weight is 392 g/mol. The topological polar surface area (TPSA) is 60.9 Å². The zero-order valence-electron chi connectivity index (χ0n) is 17.3. The third-order valence-corrected chi connectivity index (χ3v) is 6.61. The van der Waals surface area contributed by atoms with E-state index in [1.165, 1.54) is 11.1 Å². The van der Waals surface area contributed by atoms with Gasteiger partial charge in [-0.1, -0.05) is 55.5 Å². The number of aryl methyl sites for hydroxylation is 1. The Kier molecular flexibility index (Phi) is 4.95. The summed E-state index contributed by atoms with van der Waals surface area (Å²) >= 11 is 0. The number of nitrogens with zero attached hydrogens (tertiary/aromatic N) is 2. The Morgan fingerprint density at radius 2 is 1.76 bits per heavy atom. The number of rotatable bonds is 4. The van der Waals surface area contributed by atoms with Gasteiger partial charge in [-0.2, -0.15) is 0 Å². The van der Waals surface area contributed by atoms with Crippen LogP contribution in [-0.4, -0.2) is 58.0 Å². The number of hydrogen-bond donors (Lipinski definition) is 1. The van der Waals surface area contributed by atoms with E-state index in [4.69, 9.17) is 0 Å². The molecule has 0 unspecified atom stereocenters. The van der Waals surface area contributed by atoms with Crippen LogP contribution in [0.25, 0.3) is 11.1 Å². The maximum atomic E-state index is 12.3. The maximum absolute atomic E-state index is 12.3. The van der Waals surface area contributed by atoms with Gasteiger partial charge in [0.2, 0.25) is 11.8 Å². The van der Waals surface area contributed by atoms with Gasteiger partial charge in [0.05, 0.1) is 18.2 Å². The first kappa shape index (κ1) is 19.6. The molecular weight excluding hydrogens is 364 g/mol. The van der Waals surface area contributed by atoms with E-state index in [-0.39, 0.29) is 30.4 Å². The monoisotopic (exact) mass is 392 g/mol. The van der Waals surface area contributed by atoms with E-state index in [1.807, 2.05) is 24.0 Å². The summed E-state index contributed by atoms with van der Waals surface area (Å²) in [5.74, 6) is 0.101. The Labute approximate surface area is 171 Å². The fraction of sp³-hybridized carbons (Fsp3) is 0.417. The summed E-state index contributed by atoms with van der Waals surface area (Å²) in [4.78, 5) is 28.0. The zero-order chi connectivity index (χ0) is 20.8. The second kappa shape index (κ2) is 7.30. The number of hydrogen-bond acceptors (Lipinski definition) is 3. The molecular formula is C24H28N2O3. The molecule has 2 atom stereocenters. The van der Waals surface area contributed by atoms with Crippen LogP contribution < -0.4 is 0 Å². The fourth-order valence-electron chi connectivity index (χ4n) is 5.30. The molecule has 2 aliphatic heterocycles. The lowest BCUT2D eigenvalue weighted by Crippen LogP contribution is -2.85. The van der Waals surface area contributed by atoms with E-state index in [9.17, 15) is 14.7 Å². The minimum atomic E-state index is -0.395. The van der Waals surface area contributed by atoms with Crippen molar-refractivity contribution in [2.75, 3.05) is 19.7 Å². The molecule has 2 fully saturated rings. The van der Waals surface area contributed by atoms with Crippen molar-refractivity contribution in [3.8, 4) is 11.1 Å². The van der Waals surface area contributed by atoms with Crippen LogP contribution in [0, 0.1) is 6.92 Å². The largest absolute Gasteiger partial charge is 0.394 e. The second-order valence-corrected chi connectivity index (χ2v) is 8.26. The predicted octanol–water partition coefficient (Wildman–Crippen LogP) is 2.96. The highest BCUT2D eigenvalue weighted by Crippen LogP contribution is 2.54. The number of likely N-dealkylation sites (tertiary alicyclic amines) is 2. The molecule has 0 aromatic heterocycles. The Hall–Kier alpha value is -2.66. The molecule has 2 aromatic rings. The summed E-state index contributed by atoms with van der Waals surface area (Å²) in [6.45, 7) is 6.51. The van der Waals surface area contributed by atoms with Gasteiger partial charge in [0.1, 0.15) is 0 Å². The molecule has 0 saturated carbocycles. The molecule has 29 heavy (non-hydrogen) atoms. The summed E-state index contributed by atoms with van der Waals surface area (Å²) in [6, 6.07) is 16.5. The highest BCUT2D eigenvalue weighted by atomic mass is 16.3. The van der Waals surface area contributed by atoms with Crippen molar-refractivity contribution in [1.29, 1.82) is 0 Å². The van der Waals surface area contributed by atoms with Crippen molar-refractivity contribution in [1.82, 2.24) is 9.80 Å². The lowest BCUT2D eigenvalue weighted by Gasteiger charge is -2.70. The van der Waals surface area contributed by atoms with Crippen LogP contribution in [0.15, 0.2) is 48.5 Å². The van der Waals surface area contributed by atoms with E-state index >= 15 is 0 Å². The highest BCUT2D eigenvalue weighted by Gasteiger charge is 2.67. The Balaban J connectivity index is 1.64. The zero-order valence-corrected chi connectivity index (χ0v) is 17.3. The minimum Gasteiger partial charge on any atom is -0.394 e. The van der Waals surface area contributed by atoms with Gasteiger partial charge < -0.3 is 14.9 Å². The quantitative estimate of drug-likeness (QED) is 0.870. The van der Waals surface area contributed by atoms with Gasteiger partial charge in [0, 0.05) is 32.4 Å². The number of carbonyl (C=O) groups excluding carboxylic acids is 2. The molecule has 152 valence electrons. The third kappa shape index (κ3) is 2.96. The van der Waals surface area contributed by atoms with Crippen molar-refractivity contribution >= 4 is 11.8 Å². The molecule has 2 aromatic carbocycles. The molecule has 1 N–H and O–H groups in total. The van der Waals surface area contributed by atoms with Crippen LogP contribution in [0.5, 0.6) is 0 Å². The third-order valence-electron chi connectivity index (χ3n) is 6.61. The highest BCUT2D eigenvalue weighted by molar-refractivity contribution is 5.81. The van der Waals surface area contributed by atoms with E-state index in [0.717, 1.165) is 11.1 Å². The summed E-state index contributed by atoms with van der Waals surface area (Å²) in [6.07, 6.45) is 0.468. The van der Waals surface area contributed by atoms with E-state index in [0.29, 0.717) is 19.5 Å². The van der Waals surface area contributed by atoms with E-state index in [1.54, 1.807) is 11.8 Å². The average Bonchev–Trinajstić information content (AvgIpc) is 2.67. The van der Waals surface area contributed by atoms with Crippen LogP contribution in [-0.2, 0) is 9.59 Å². The standard InChI is InChI=1S/C24H28N2O3/c1-4-22(29)25-14-24(15-25)23(21(13-27)26(24)17(3)28)19-11-9-18(10-12-19)20-8-6-5-7-16(20)2/h5-12,21,23,27H,4,13-15H2,1-3H3/t21-,23-/m1/s1. The number of aliphatic hydroxyl groups excluding tert-OH is 1. The molecule has 2 aliphatic rings. The summed E-state index contributed by atoms with van der Waals surface area (Å²) in [5, 5.41) is 10.0. The Morgan fingerprint density at radius 3 is 2.31 bits per heavy atom. The molecule has 4 rings (SSSR count).